The molecule has 1 fully saturated rings. The molecule has 1 saturated heterocycles. The highest BCUT2D eigenvalue weighted by atomic mass is 19.4. The number of carbonyl (C=O) groups is 2. The van der Waals surface area contributed by atoms with E-state index in [1.54, 1.807) is 6.92 Å². The topological polar surface area (TPSA) is 40.6 Å². The van der Waals surface area contributed by atoms with Crippen LogP contribution < -0.4 is 0 Å². The second-order valence-corrected chi connectivity index (χ2v) is 11.3. The van der Waals surface area contributed by atoms with Crippen LogP contribution in [0.4, 0.5) is 26.3 Å². The van der Waals surface area contributed by atoms with Crippen LogP contribution in [0.2, 0.25) is 0 Å². The van der Waals surface area contributed by atoms with Crippen molar-refractivity contribution in [2.75, 3.05) is 26.7 Å². The number of benzene rings is 3. The molecule has 1 heterocycles. The van der Waals surface area contributed by atoms with E-state index >= 15 is 0 Å². The third-order valence-corrected chi connectivity index (χ3v) is 8.20. The van der Waals surface area contributed by atoms with Crippen LogP contribution in [0.1, 0.15) is 60.0 Å². The predicted molar refractivity (Wildman–Crippen MR) is 151 cm³/mol. The van der Waals surface area contributed by atoms with Gasteiger partial charge in [0.05, 0.1) is 11.1 Å². The van der Waals surface area contributed by atoms with Crippen molar-refractivity contribution in [1.29, 1.82) is 0 Å². The minimum absolute atomic E-state index is 0.0765. The number of likely N-dealkylation sites (N-methyl/N-ethyl adjacent to an activating group) is 1. The molecule has 1 aliphatic heterocycles. The minimum atomic E-state index is -4.94. The van der Waals surface area contributed by atoms with Gasteiger partial charge in [0.2, 0.25) is 5.91 Å². The Morgan fingerprint density at radius 2 is 1.35 bits per heavy atom. The minimum Gasteiger partial charge on any atom is -0.344 e. The van der Waals surface area contributed by atoms with Crippen LogP contribution in [0.15, 0.2) is 78.9 Å². The zero-order valence-corrected chi connectivity index (χ0v) is 24.0. The van der Waals surface area contributed by atoms with Crippen LogP contribution in [0.3, 0.4) is 0 Å². The van der Waals surface area contributed by atoms with Gasteiger partial charge in [-0.3, -0.25) is 14.5 Å². The molecule has 0 radical (unpaired) electrons. The van der Waals surface area contributed by atoms with E-state index in [-0.39, 0.29) is 41.7 Å². The Morgan fingerprint density at radius 3 is 1.84 bits per heavy atom. The van der Waals surface area contributed by atoms with Crippen LogP contribution >= 0.6 is 0 Å². The maximum atomic E-state index is 13.9. The van der Waals surface area contributed by atoms with Crippen molar-refractivity contribution in [3.63, 3.8) is 0 Å². The van der Waals surface area contributed by atoms with Gasteiger partial charge in [-0.05, 0) is 61.1 Å². The van der Waals surface area contributed by atoms with Crippen LogP contribution in [-0.2, 0) is 33.8 Å². The molecule has 3 aromatic rings. The molecule has 1 atom stereocenters. The number of ketones is 1. The lowest BCUT2D eigenvalue weighted by Gasteiger charge is -2.45. The van der Waals surface area contributed by atoms with Crippen molar-refractivity contribution in [2.24, 2.45) is 0 Å². The van der Waals surface area contributed by atoms with E-state index < -0.39 is 29.5 Å². The lowest BCUT2D eigenvalue weighted by atomic mass is 9.69. The highest BCUT2D eigenvalue weighted by molar-refractivity contribution is 5.83. The van der Waals surface area contributed by atoms with E-state index in [4.69, 9.17) is 0 Å². The van der Waals surface area contributed by atoms with Crippen LogP contribution in [0, 0.1) is 0 Å². The molecule has 0 N–H and O–H groups in total. The van der Waals surface area contributed by atoms with Gasteiger partial charge in [0.15, 0.2) is 0 Å². The Morgan fingerprint density at radius 1 is 0.837 bits per heavy atom. The molecule has 1 unspecified atom stereocenters. The summed E-state index contributed by atoms with van der Waals surface area (Å²) in [5, 5.41) is 0. The predicted octanol–water partition coefficient (Wildman–Crippen LogP) is 7.48. The quantitative estimate of drug-likeness (QED) is 0.238. The fraction of sp³-hybridized carbons (Fsp3) is 0.394. The molecule has 4 rings (SSSR count). The number of amides is 1. The molecule has 4 nitrogen and oxygen atoms in total. The normalized spacial score (nSPS) is 16.5. The summed E-state index contributed by atoms with van der Waals surface area (Å²) in [6.45, 7) is 2.53. The smallest absolute Gasteiger partial charge is 0.344 e. The average molecular weight is 605 g/mol. The van der Waals surface area contributed by atoms with Crippen molar-refractivity contribution >= 4 is 11.7 Å². The maximum Gasteiger partial charge on any atom is 0.416 e. The van der Waals surface area contributed by atoms with Crippen LogP contribution in [0.25, 0.3) is 0 Å². The maximum absolute atomic E-state index is 13.9. The number of alkyl halides is 6. The molecule has 0 spiro atoms. The van der Waals surface area contributed by atoms with E-state index in [2.05, 4.69) is 0 Å². The van der Waals surface area contributed by atoms with Gasteiger partial charge < -0.3 is 4.90 Å². The molecule has 230 valence electrons. The zero-order chi connectivity index (χ0) is 31.4. The molecule has 0 aliphatic carbocycles. The van der Waals surface area contributed by atoms with E-state index in [0.29, 0.717) is 44.5 Å². The number of Topliss-reactive ketones (excluding diaryl/α,β-unsaturated/α-hetero) is 1. The standard InChI is InChI=1S/C33H34F6N2O2/c1-23(42)22-31(26-11-7-4-8-12-26)14-17-41(18-15-31)29(25-9-5-3-6-10-25)30(43)40(2)16-13-24-19-27(32(34,35)36)21-28(20-24)33(37,38)39/h3-12,19-21,29H,13-18,22H2,1-2H3. The van der Waals surface area contributed by atoms with Gasteiger partial charge in [0.25, 0.3) is 0 Å². The fourth-order valence-electron chi connectivity index (χ4n) is 5.97. The van der Waals surface area contributed by atoms with Crippen molar-refractivity contribution < 1.29 is 35.9 Å². The molecule has 1 amide bonds. The number of piperidine rings is 1. The number of halogens is 6. The lowest BCUT2D eigenvalue weighted by molar-refractivity contribution is -0.143. The summed E-state index contributed by atoms with van der Waals surface area (Å²) in [5.74, 6) is -0.232. The number of rotatable bonds is 9. The van der Waals surface area contributed by atoms with Crippen molar-refractivity contribution in [3.8, 4) is 0 Å². The summed E-state index contributed by atoms with van der Waals surface area (Å²) in [7, 11) is 1.50. The van der Waals surface area contributed by atoms with E-state index in [1.807, 2.05) is 65.6 Å². The van der Waals surface area contributed by atoms with E-state index in [0.717, 1.165) is 11.1 Å². The summed E-state index contributed by atoms with van der Waals surface area (Å²) in [5.41, 5.74) is -1.48. The van der Waals surface area contributed by atoms with Gasteiger partial charge in [-0.15, -0.1) is 0 Å². The number of likely N-dealkylation sites (tertiary alicyclic amines) is 1. The third-order valence-electron chi connectivity index (χ3n) is 8.20. The molecule has 1 aliphatic rings. The summed E-state index contributed by atoms with van der Waals surface area (Å²) >= 11 is 0. The Bertz CT molecular complexity index is 1370. The van der Waals surface area contributed by atoms with Gasteiger partial charge >= 0.3 is 12.4 Å². The van der Waals surface area contributed by atoms with Gasteiger partial charge in [0, 0.05) is 38.5 Å². The second kappa shape index (κ2) is 12.9. The zero-order valence-electron chi connectivity index (χ0n) is 24.0. The molecule has 10 heteroatoms. The number of nitrogens with zero attached hydrogens (tertiary/aromatic N) is 2. The number of hydrogen-bond donors (Lipinski definition) is 0. The second-order valence-electron chi connectivity index (χ2n) is 11.3. The lowest BCUT2D eigenvalue weighted by Crippen LogP contribution is -2.49. The van der Waals surface area contributed by atoms with Crippen molar-refractivity contribution in [3.05, 3.63) is 107 Å². The van der Waals surface area contributed by atoms with Gasteiger partial charge in [-0.2, -0.15) is 26.3 Å². The molecule has 0 bridgehead atoms. The molecule has 0 saturated carbocycles. The van der Waals surface area contributed by atoms with Crippen molar-refractivity contribution in [2.45, 2.75) is 56.4 Å². The highest BCUT2D eigenvalue weighted by Crippen LogP contribution is 2.41. The Labute approximate surface area is 247 Å². The van der Waals surface area contributed by atoms with Gasteiger partial charge in [-0.1, -0.05) is 60.7 Å². The molecular weight excluding hydrogens is 570 g/mol. The van der Waals surface area contributed by atoms with Crippen LogP contribution in [-0.4, -0.2) is 48.2 Å². The van der Waals surface area contributed by atoms with Crippen LogP contribution in [0.5, 0.6) is 0 Å². The van der Waals surface area contributed by atoms with E-state index in [1.165, 1.54) is 11.9 Å². The van der Waals surface area contributed by atoms with E-state index in [9.17, 15) is 35.9 Å². The Kier molecular flexibility index (Phi) is 9.69. The van der Waals surface area contributed by atoms with Gasteiger partial charge in [-0.25, -0.2) is 0 Å². The highest BCUT2D eigenvalue weighted by Gasteiger charge is 2.41. The summed E-state index contributed by atoms with van der Waals surface area (Å²) in [6.07, 6.45) is -8.41. The first-order valence-corrected chi connectivity index (χ1v) is 14.1. The molecule has 43 heavy (non-hydrogen) atoms. The Balaban J connectivity index is 1.55. The largest absolute Gasteiger partial charge is 0.416 e. The number of hydrogen-bond acceptors (Lipinski definition) is 3. The molecule has 0 aromatic heterocycles. The first kappa shape index (κ1) is 32.3. The van der Waals surface area contributed by atoms with Crippen molar-refractivity contribution in [1.82, 2.24) is 9.80 Å². The summed E-state index contributed by atoms with van der Waals surface area (Å²) < 4.78 is 80.0. The first-order chi connectivity index (χ1) is 20.2. The summed E-state index contributed by atoms with van der Waals surface area (Å²) in [6, 6.07) is 19.7. The third kappa shape index (κ3) is 7.84. The fourth-order valence-corrected chi connectivity index (χ4v) is 5.97. The average Bonchev–Trinajstić information content (AvgIpc) is 2.96. The summed E-state index contributed by atoms with van der Waals surface area (Å²) in [4.78, 5) is 29.6. The monoisotopic (exact) mass is 604 g/mol. The Hall–Kier alpha value is -3.66. The van der Waals surface area contributed by atoms with Gasteiger partial charge in [0.1, 0.15) is 11.8 Å². The first-order valence-electron chi connectivity index (χ1n) is 14.1. The SMILES string of the molecule is CC(=O)CC1(c2ccccc2)CCN(C(C(=O)N(C)CCc2cc(C(F)(F)F)cc(C(F)(F)F)c2)c2ccccc2)CC1. The number of carbonyl (C=O) groups excluding carboxylic acids is 2. The molecule has 3 aromatic carbocycles. The molecular formula is C33H34F6N2O2.